The maximum atomic E-state index is 13.3. The molecule has 1 aromatic carbocycles. The minimum Gasteiger partial charge on any atom is -0.491 e. The summed E-state index contributed by atoms with van der Waals surface area (Å²) in [5.74, 6) is -1.09. The normalized spacial score (nSPS) is 13.6. The Morgan fingerprint density at radius 2 is 2.14 bits per heavy atom. The van der Waals surface area contributed by atoms with Gasteiger partial charge < -0.3 is 15.6 Å². The molecule has 10 heteroatoms. The number of nitrogens with zero attached hydrogens (tertiary/aromatic N) is 2. The first kappa shape index (κ1) is 22.4. The zero-order valence-corrected chi connectivity index (χ0v) is 16.5. The van der Waals surface area contributed by atoms with Gasteiger partial charge in [0.25, 0.3) is 0 Å². The minimum absolute atomic E-state index is 0.0739. The number of rotatable bonds is 8. The molecule has 0 fully saturated rings. The van der Waals surface area contributed by atoms with Gasteiger partial charge >= 0.3 is 12.1 Å². The molecule has 29 heavy (non-hydrogen) atoms. The van der Waals surface area contributed by atoms with E-state index in [-0.39, 0.29) is 29.5 Å². The van der Waals surface area contributed by atoms with Crippen LogP contribution in [-0.4, -0.2) is 28.4 Å². The molecule has 2 rings (SSSR count). The van der Waals surface area contributed by atoms with Crippen LogP contribution in [0.4, 0.5) is 13.2 Å². The fourth-order valence-electron chi connectivity index (χ4n) is 2.20. The number of nitrogens with two attached hydrogens (primary N) is 1. The van der Waals surface area contributed by atoms with Crippen LogP contribution in [0.5, 0.6) is 5.75 Å². The molecule has 3 N–H and O–H groups in total. The molecule has 0 amide bonds. The molecule has 0 radical (unpaired) electrons. The molecule has 0 spiro atoms. The number of hydrogen-bond donors (Lipinski definition) is 2. The quantitative estimate of drug-likeness (QED) is 0.477. The van der Waals surface area contributed by atoms with Crippen LogP contribution in [0.15, 0.2) is 40.3 Å². The summed E-state index contributed by atoms with van der Waals surface area (Å²) in [5.41, 5.74) is 4.83. The second-order valence-corrected chi connectivity index (χ2v) is 7.05. The number of benzene rings is 1. The average Bonchev–Trinajstić information content (AvgIpc) is 3.12. The largest absolute Gasteiger partial charge is 0.491 e. The van der Waals surface area contributed by atoms with E-state index in [0.29, 0.717) is 17.1 Å². The highest BCUT2D eigenvalue weighted by molar-refractivity contribution is 7.09. The predicted molar refractivity (Wildman–Crippen MR) is 105 cm³/mol. The van der Waals surface area contributed by atoms with E-state index in [1.807, 2.05) is 6.92 Å². The number of aromatic nitrogens is 1. The third-order valence-electron chi connectivity index (χ3n) is 3.88. The molecular weight excluding hydrogens is 407 g/mol. The van der Waals surface area contributed by atoms with Crippen LogP contribution < -0.4 is 10.5 Å². The van der Waals surface area contributed by atoms with Gasteiger partial charge in [0.05, 0.1) is 29.5 Å². The number of halogens is 3. The Morgan fingerprint density at radius 3 is 2.72 bits per heavy atom. The fourth-order valence-corrected chi connectivity index (χ4v) is 2.94. The Labute approximate surface area is 169 Å². The third-order valence-corrected chi connectivity index (χ3v) is 4.71. The molecule has 1 heterocycles. The summed E-state index contributed by atoms with van der Waals surface area (Å²) in [4.78, 5) is 19.1. The third kappa shape index (κ3) is 6.31. The van der Waals surface area contributed by atoms with Gasteiger partial charge in [0.15, 0.2) is 0 Å². The van der Waals surface area contributed by atoms with E-state index < -0.39 is 17.7 Å². The van der Waals surface area contributed by atoms with Crippen LogP contribution in [-0.2, 0) is 17.5 Å². The standard InChI is InChI=1S/C19H20F3N3O3S/c1-3-11(2)28-15-5-12(4-14(6-15)19(20,21)22)16-10-29-17(25-16)9-24-8-13(7-23)18(26)27/h4-8,10-11H,3,9,23H2,1-2H3,(H,26,27). The number of hydrogen-bond acceptors (Lipinski definition) is 6. The first-order valence-corrected chi connectivity index (χ1v) is 9.50. The van der Waals surface area contributed by atoms with Gasteiger partial charge in [0, 0.05) is 23.4 Å². The lowest BCUT2D eigenvalue weighted by atomic mass is 10.1. The number of alkyl halides is 3. The molecule has 6 nitrogen and oxygen atoms in total. The minimum atomic E-state index is -4.52. The number of carboxylic acids is 1. The van der Waals surface area contributed by atoms with E-state index in [2.05, 4.69) is 9.98 Å². The molecule has 0 saturated heterocycles. The zero-order valence-electron chi connectivity index (χ0n) is 15.7. The fraction of sp³-hybridized carbons (Fsp3) is 0.316. The molecule has 2 aromatic rings. The van der Waals surface area contributed by atoms with Crippen LogP contribution in [0.2, 0.25) is 0 Å². The zero-order chi connectivity index (χ0) is 21.6. The van der Waals surface area contributed by atoms with Crippen LogP contribution in [0.1, 0.15) is 30.8 Å². The Morgan fingerprint density at radius 1 is 1.41 bits per heavy atom. The van der Waals surface area contributed by atoms with Crippen molar-refractivity contribution in [1.82, 2.24) is 4.98 Å². The van der Waals surface area contributed by atoms with Gasteiger partial charge in [-0.05, 0) is 31.5 Å². The van der Waals surface area contributed by atoms with Gasteiger partial charge in [0.2, 0.25) is 0 Å². The summed E-state index contributed by atoms with van der Waals surface area (Å²) in [7, 11) is 0. The van der Waals surface area contributed by atoms with Crippen molar-refractivity contribution in [1.29, 1.82) is 0 Å². The maximum absolute atomic E-state index is 13.3. The average molecular weight is 427 g/mol. The van der Waals surface area contributed by atoms with Gasteiger partial charge in [-0.2, -0.15) is 13.2 Å². The second kappa shape index (κ2) is 9.55. The monoisotopic (exact) mass is 427 g/mol. The van der Waals surface area contributed by atoms with E-state index in [1.165, 1.54) is 17.4 Å². The number of ether oxygens (including phenoxy) is 1. The summed E-state index contributed by atoms with van der Waals surface area (Å²) >= 11 is 1.20. The number of aliphatic imine (C=N–C) groups is 1. The number of carboxylic acid groups (broad SMARTS) is 1. The van der Waals surface area contributed by atoms with E-state index in [9.17, 15) is 18.0 Å². The highest BCUT2D eigenvalue weighted by Crippen LogP contribution is 2.36. The molecular formula is C19H20F3N3O3S. The molecule has 0 aliphatic rings. The van der Waals surface area contributed by atoms with Crippen LogP contribution >= 0.6 is 11.3 Å². The van der Waals surface area contributed by atoms with Crippen molar-refractivity contribution >= 4 is 23.5 Å². The lowest BCUT2D eigenvalue weighted by Crippen LogP contribution is -2.11. The Kier molecular flexibility index (Phi) is 7.38. The van der Waals surface area contributed by atoms with Crippen molar-refractivity contribution in [2.45, 2.75) is 39.1 Å². The van der Waals surface area contributed by atoms with Gasteiger partial charge in [-0.15, -0.1) is 11.3 Å². The summed E-state index contributed by atoms with van der Waals surface area (Å²) < 4.78 is 45.4. The molecule has 1 atom stereocenters. The van der Waals surface area contributed by atoms with E-state index in [0.717, 1.165) is 24.5 Å². The molecule has 0 saturated carbocycles. The van der Waals surface area contributed by atoms with Crippen molar-refractivity contribution in [2.24, 2.45) is 10.7 Å². The first-order valence-electron chi connectivity index (χ1n) is 8.62. The lowest BCUT2D eigenvalue weighted by molar-refractivity contribution is -0.137. The first-order chi connectivity index (χ1) is 13.6. The molecule has 156 valence electrons. The number of aliphatic carboxylic acids is 1. The topological polar surface area (TPSA) is 97.8 Å². The van der Waals surface area contributed by atoms with E-state index in [4.69, 9.17) is 15.6 Å². The highest BCUT2D eigenvalue weighted by Gasteiger charge is 2.32. The van der Waals surface area contributed by atoms with Crippen molar-refractivity contribution in [3.05, 3.63) is 45.9 Å². The summed E-state index contributed by atoms with van der Waals surface area (Å²) in [6.07, 6.45) is -2.08. The summed E-state index contributed by atoms with van der Waals surface area (Å²) in [5, 5.41) is 11.0. The molecule has 0 aliphatic carbocycles. The van der Waals surface area contributed by atoms with Crippen molar-refractivity contribution in [3.8, 4) is 17.0 Å². The van der Waals surface area contributed by atoms with Crippen molar-refractivity contribution < 1.29 is 27.8 Å². The van der Waals surface area contributed by atoms with Crippen LogP contribution in [0.25, 0.3) is 11.3 Å². The lowest BCUT2D eigenvalue weighted by Gasteiger charge is -2.16. The van der Waals surface area contributed by atoms with Gasteiger partial charge in [0.1, 0.15) is 10.8 Å². The summed E-state index contributed by atoms with van der Waals surface area (Å²) in [6, 6.07) is 3.51. The molecule has 0 bridgehead atoms. The van der Waals surface area contributed by atoms with E-state index >= 15 is 0 Å². The maximum Gasteiger partial charge on any atom is 0.416 e. The summed E-state index contributed by atoms with van der Waals surface area (Å²) in [6.45, 7) is 3.73. The Bertz CT molecular complexity index is 923. The highest BCUT2D eigenvalue weighted by atomic mass is 32.1. The molecule has 1 unspecified atom stereocenters. The van der Waals surface area contributed by atoms with Crippen molar-refractivity contribution in [3.63, 3.8) is 0 Å². The van der Waals surface area contributed by atoms with Gasteiger partial charge in [-0.25, -0.2) is 9.78 Å². The Hall–Kier alpha value is -2.88. The van der Waals surface area contributed by atoms with Gasteiger partial charge in [-0.3, -0.25) is 4.99 Å². The molecule has 1 aromatic heterocycles. The molecule has 0 aliphatic heterocycles. The SMILES string of the molecule is CCC(C)Oc1cc(-c2csc(CN=CC(=CN)C(=O)O)n2)cc(C(F)(F)F)c1. The van der Waals surface area contributed by atoms with Crippen molar-refractivity contribution in [2.75, 3.05) is 0 Å². The van der Waals surface area contributed by atoms with Gasteiger partial charge in [-0.1, -0.05) is 6.92 Å². The predicted octanol–water partition coefficient (Wildman–Crippen LogP) is 4.50. The van der Waals surface area contributed by atoms with Crippen LogP contribution in [0, 0.1) is 0 Å². The number of carbonyl (C=O) groups is 1. The second-order valence-electron chi connectivity index (χ2n) is 6.10. The van der Waals surface area contributed by atoms with Crippen LogP contribution in [0.3, 0.4) is 0 Å². The smallest absolute Gasteiger partial charge is 0.416 e. The number of thiazole rings is 1. The van der Waals surface area contributed by atoms with E-state index in [1.54, 1.807) is 12.3 Å². The Balaban J connectivity index is 2.29.